The number of nitrogens with two attached hydrogens (primary N) is 3. The number of hydrogen-bond acceptors (Lipinski definition) is 7. The van der Waals surface area contributed by atoms with Crippen LogP contribution >= 0.6 is 11.9 Å². The molecule has 5 aromatic rings. The van der Waals surface area contributed by atoms with Crippen molar-refractivity contribution in [3.05, 3.63) is 89.2 Å². The zero-order valence-electron chi connectivity index (χ0n) is 20.0. The second-order valence-electron chi connectivity index (χ2n) is 9.39. The summed E-state index contributed by atoms with van der Waals surface area (Å²) in [4.78, 5) is 5.91. The minimum absolute atomic E-state index is 0.189. The Bertz CT molecular complexity index is 1620. The van der Waals surface area contributed by atoms with E-state index in [1.807, 2.05) is 41.8 Å². The second kappa shape index (κ2) is 8.74. The molecular formula is C28H27N7S. The molecule has 0 saturated heterocycles. The van der Waals surface area contributed by atoms with Crippen molar-refractivity contribution in [1.29, 1.82) is 0 Å². The molecule has 36 heavy (non-hydrogen) atoms. The van der Waals surface area contributed by atoms with Crippen LogP contribution in [0.2, 0.25) is 0 Å². The van der Waals surface area contributed by atoms with Gasteiger partial charge >= 0.3 is 0 Å². The normalized spacial score (nSPS) is 15.6. The van der Waals surface area contributed by atoms with Crippen molar-refractivity contribution in [2.45, 2.75) is 31.7 Å². The summed E-state index contributed by atoms with van der Waals surface area (Å²) in [5, 5.41) is 15.5. The van der Waals surface area contributed by atoms with Crippen molar-refractivity contribution in [2.24, 2.45) is 16.6 Å². The molecule has 2 aromatic carbocycles. The van der Waals surface area contributed by atoms with Gasteiger partial charge in [-0.15, -0.1) is 10.2 Å². The summed E-state index contributed by atoms with van der Waals surface area (Å²) in [5.41, 5.74) is 20.0. The highest BCUT2D eigenvalue weighted by atomic mass is 32.2. The Morgan fingerprint density at radius 1 is 0.972 bits per heavy atom. The molecule has 0 radical (unpaired) electrons. The van der Waals surface area contributed by atoms with E-state index in [-0.39, 0.29) is 5.54 Å². The van der Waals surface area contributed by atoms with Gasteiger partial charge in [-0.1, -0.05) is 66.5 Å². The van der Waals surface area contributed by atoms with Crippen LogP contribution in [-0.2, 0) is 5.54 Å². The predicted octanol–water partition coefficient (Wildman–Crippen LogP) is 5.20. The number of aromatic nitrogens is 4. The summed E-state index contributed by atoms with van der Waals surface area (Å²) in [6.07, 6.45) is 5.17. The van der Waals surface area contributed by atoms with E-state index in [0.717, 1.165) is 63.0 Å². The monoisotopic (exact) mass is 493 g/mol. The molecule has 3 aromatic heterocycles. The first-order chi connectivity index (χ1) is 17.5. The van der Waals surface area contributed by atoms with Crippen molar-refractivity contribution >= 4 is 34.2 Å². The van der Waals surface area contributed by atoms with Gasteiger partial charge in [0.05, 0.1) is 16.9 Å². The number of allylic oxidation sites excluding steroid dienone is 1. The second-order valence-corrected chi connectivity index (χ2v) is 10.2. The third-order valence-corrected chi connectivity index (χ3v) is 7.80. The Balaban J connectivity index is 1.55. The lowest BCUT2D eigenvalue weighted by atomic mass is 9.72. The zero-order chi connectivity index (χ0) is 24.9. The average Bonchev–Trinajstić information content (AvgIpc) is 3.35. The quantitative estimate of drug-likeness (QED) is 0.288. The first kappa shape index (κ1) is 22.7. The smallest absolute Gasteiger partial charge is 0.185 e. The summed E-state index contributed by atoms with van der Waals surface area (Å²) in [5.74, 6) is 0.565. The van der Waals surface area contributed by atoms with Gasteiger partial charge in [-0.25, -0.2) is 4.98 Å². The molecule has 1 fully saturated rings. The van der Waals surface area contributed by atoms with Crippen molar-refractivity contribution in [3.8, 4) is 22.4 Å². The van der Waals surface area contributed by atoms with E-state index >= 15 is 0 Å². The van der Waals surface area contributed by atoms with E-state index in [2.05, 4.69) is 52.7 Å². The summed E-state index contributed by atoms with van der Waals surface area (Å²) < 4.78 is 1.89. The molecular weight excluding hydrogens is 466 g/mol. The molecule has 0 unspecified atom stereocenters. The van der Waals surface area contributed by atoms with Crippen LogP contribution in [0.25, 0.3) is 44.6 Å². The maximum absolute atomic E-state index is 6.56. The minimum atomic E-state index is -0.189. The highest BCUT2D eigenvalue weighted by Gasteiger charge is 2.34. The largest absolute Gasteiger partial charge is 0.395 e. The molecule has 180 valence electrons. The van der Waals surface area contributed by atoms with Crippen LogP contribution in [0, 0.1) is 0 Å². The summed E-state index contributed by atoms with van der Waals surface area (Å²) in [6.45, 7) is 1.87. The molecule has 1 aliphatic carbocycles. The number of rotatable bonds is 5. The van der Waals surface area contributed by atoms with Gasteiger partial charge in [0, 0.05) is 33.2 Å². The summed E-state index contributed by atoms with van der Waals surface area (Å²) in [7, 11) is 0. The van der Waals surface area contributed by atoms with Crippen LogP contribution < -0.4 is 16.6 Å². The van der Waals surface area contributed by atoms with E-state index in [9.17, 15) is 0 Å². The van der Waals surface area contributed by atoms with Gasteiger partial charge in [-0.3, -0.25) is 9.54 Å². The molecule has 7 nitrogen and oxygen atoms in total. The van der Waals surface area contributed by atoms with E-state index in [0.29, 0.717) is 17.2 Å². The average molecular weight is 494 g/mol. The van der Waals surface area contributed by atoms with Crippen molar-refractivity contribution in [3.63, 3.8) is 0 Å². The molecule has 0 atom stereocenters. The number of fused-ring (bicyclic) bond motifs is 3. The van der Waals surface area contributed by atoms with Crippen molar-refractivity contribution < 1.29 is 0 Å². The maximum atomic E-state index is 6.56. The fraction of sp³-hybridized carbons (Fsp3) is 0.179. The Kier molecular flexibility index (Phi) is 5.52. The molecule has 6 rings (SSSR count). The van der Waals surface area contributed by atoms with E-state index in [1.54, 1.807) is 0 Å². The standard InChI is InChI=1S/C28H27N7S/c1-17(36-31)24(29)27-34-33-26-22-16-21(18-6-3-2-4-7-18)25(32-23(22)12-15-35(26)27)19-8-10-20(11-9-19)28(30)13-5-14-28/h2-4,6-12,15-16H,5,13-14,29-31H2,1H3/b24-17-. The fourth-order valence-corrected chi connectivity index (χ4v) is 5.08. The lowest BCUT2D eigenvalue weighted by Gasteiger charge is -2.38. The molecule has 0 bridgehead atoms. The summed E-state index contributed by atoms with van der Waals surface area (Å²) in [6, 6.07) is 23.0. The lowest BCUT2D eigenvalue weighted by Crippen LogP contribution is -2.43. The van der Waals surface area contributed by atoms with Crippen LogP contribution in [0.4, 0.5) is 0 Å². The molecule has 8 heteroatoms. The van der Waals surface area contributed by atoms with Gasteiger partial charge in [0.15, 0.2) is 11.5 Å². The molecule has 1 saturated carbocycles. The topological polar surface area (TPSA) is 121 Å². The lowest BCUT2D eigenvalue weighted by molar-refractivity contribution is 0.253. The van der Waals surface area contributed by atoms with Crippen LogP contribution in [0.3, 0.4) is 0 Å². The predicted molar refractivity (Wildman–Crippen MR) is 147 cm³/mol. The van der Waals surface area contributed by atoms with E-state index in [4.69, 9.17) is 21.6 Å². The van der Waals surface area contributed by atoms with Gasteiger partial charge in [-0.2, -0.15) is 0 Å². The van der Waals surface area contributed by atoms with Crippen LogP contribution in [0.15, 0.2) is 77.8 Å². The molecule has 3 heterocycles. The maximum Gasteiger partial charge on any atom is 0.185 e. The number of benzene rings is 2. The van der Waals surface area contributed by atoms with Gasteiger partial charge < -0.3 is 11.5 Å². The fourth-order valence-electron chi connectivity index (χ4n) is 4.86. The molecule has 0 spiro atoms. The molecule has 0 aliphatic heterocycles. The SMILES string of the molecule is C/C(SN)=C(/N)c1nnc2c3cc(-c4ccccc4)c(-c4ccc(C5(N)CCC5)cc4)nc3ccn12. The highest BCUT2D eigenvalue weighted by molar-refractivity contribution is 8.01. The zero-order valence-corrected chi connectivity index (χ0v) is 20.8. The van der Waals surface area contributed by atoms with Gasteiger partial charge in [0.1, 0.15) is 0 Å². The van der Waals surface area contributed by atoms with Gasteiger partial charge in [-0.05, 0) is 49.4 Å². The minimum Gasteiger partial charge on any atom is -0.395 e. The Morgan fingerprint density at radius 3 is 2.39 bits per heavy atom. The van der Waals surface area contributed by atoms with Crippen molar-refractivity contribution in [1.82, 2.24) is 19.6 Å². The third kappa shape index (κ3) is 3.65. The number of hydrogen-bond donors (Lipinski definition) is 3. The Labute approximate surface area is 213 Å². The number of nitrogens with zero attached hydrogens (tertiary/aromatic N) is 4. The first-order valence-corrected chi connectivity index (χ1v) is 12.8. The molecule has 6 N–H and O–H groups in total. The highest BCUT2D eigenvalue weighted by Crippen LogP contribution is 2.40. The van der Waals surface area contributed by atoms with Gasteiger partial charge in [0.2, 0.25) is 0 Å². The Morgan fingerprint density at radius 2 is 1.72 bits per heavy atom. The van der Waals surface area contributed by atoms with Crippen LogP contribution in [0.1, 0.15) is 37.6 Å². The summed E-state index contributed by atoms with van der Waals surface area (Å²) >= 11 is 1.10. The van der Waals surface area contributed by atoms with Crippen molar-refractivity contribution in [2.75, 3.05) is 0 Å². The first-order valence-electron chi connectivity index (χ1n) is 12.0. The van der Waals surface area contributed by atoms with E-state index in [1.165, 1.54) is 12.0 Å². The molecule has 0 amide bonds. The number of pyridine rings is 2. The van der Waals surface area contributed by atoms with Gasteiger partial charge in [0.25, 0.3) is 0 Å². The van der Waals surface area contributed by atoms with E-state index < -0.39 is 0 Å². The Hall–Kier alpha value is -3.72. The third-order valence-electron chi connectivity index (χ3n) is 7.23. The molecule has 1 aliphatic rings. The van der Waals surface area contributed by atoms with Crippen LogP contribution in [-0.4, -0.2) is 19.6 Å². The van der Waals surface area contributed by atoms with Crippen LogP contribution in [0.5, 0.6) is 0 Å².